The van der Waals surface area contributed by atoms with E-state index in [-0.39, 0.29) is 18.2 Å². The summed E-state index contributed by atoms with van der Waals surface area (Å²) in [5.41, 5.74) is 0.815. The zero-order valence-corrected chi connectivity index (χ0v) is 15.4. The third kappa shape index (κ3) is 4.27. The molecule has 2 aromatic carbocycles. The number of carbonyl (C=O) groups excluding carboxylic acids is 1. The van der Waals surface area contributed by atoms with E-state index >= 15 is 0 Å². The number of rotatable bonds is 6. The number of nitrogens with one attached hydrogen (secondary N) is 2. The summed E-state index contributed by atoms with van der Waals surface area (Å²) in [7, 11) is -3.82. The molecule has 0 bridgehead atoms. The average molecular weight is 397 g/mol. The molecule has 0 spiro atoms. The monoisotopic (exact) mass is 396 g/mol. The van der Waals surface area contributed by atoms with Crippen molar-refractivity contribution in [2.24, 2.45) is 0 Å². The van der Waals surface area contributed by atoms with Gasteiger partial charge in [-0.05, 0) is 48.9 Å². The first-order chi connectivity index (χ1) is 12.3. The maximum absolute atomic E-state index is 12.3. The van der Waals surface area contributed by atoms with Crippen LogP contribution in [-0.2, 0) is 21.4 Å². The predicted molar refractivity (Wildman–Crippen MR) is 95.6 cm³/mol. The Morgan fingerprint density at radius 1 is 1.15 bits per heavy atom. The third-order valence-electron chi connectivity index (χ3n) is 3.75. The van der Waals surface area contributed by atoms with Gasteiger partial charge in [0.2, 0.25) is 22.7 Å². The van der Waals surface area contributed by atoms with Gasteiger partial charge in [0.1, 0.15) is 0 Å². The Hall–Kier alpha value is -2.29. The van der Waals surface area contributed by atoms with Crippen LogP contribution >= 0.6 is 11.6 Å². The molecular formula is C17H17ClN2O5S. The van der Waals surface area contributed by atoms with Crippen LogP contribution in [0.2, 0.25) is 5.02 Å². The molecule has 9 heteroatoms. The lowest BCUT2D eigenvalue weighted by Gasteiger charge is -2.14. The molecule has 0 saturated carbocycles. The van der Waals surface area contributed by atoms with Crippen LogP contribution in [0.1, 0.15) is 12.5 Å². The summed E-state index contributed by atoms with van der Waals surface area (Å²) in [6.07, 6.45) is 0. The average Bonchev–Trinajstić information content (AvgIpc) is 3.07. The fourth-order valence-electron chi connectivity index (χ4n) is 2.36. The fraction of sp³-hybridized carbons (Fsp3) is 0.235. The van der Waals surface area contributed by atoms with Gasteiger partial charge in [-0.2, -0.15) is 4.72 Å². The molecule has 0 saturated heterocycles. The van der Waals surface area contributed by atoms with Crippen LogP contribution in [0, 0.1) is 0 Å². The second-order valence-electron chi connectivity index (χ2n) is 5.70. The topological polar surface area (TPSA) is 93.7 Å². The van der Waals surface area contributed by atoms with Gasteiger partial charge in [-0.25, -0.2) is 8.42 Å². The molecule has 1 aliphatic heterocycles. The van der Waals surface area contributed by atoms with E-state index in [4.69, 9.17) is 21.1 Å². The quantitative estimate of drug-likeness (QED) is 0.779. The molecule has 0 aliphatic carbocycles. The molecule has 26 heavy (non-hydrogen) atoms. The maximum Gasteiger partial charge on any atom is 0.241 e. The van der Waals surface area contributed by atoms with Crippen molar-refractivity contribution in [1.29, 1.82) is 0 Å². The zero-order valence-electron chi connectivity index (χ0n) is 13.9. The van der Waals surface area contributed by atoms with E-state index in [1.165, 1.54) is 31.2 Å². The van der Waals surface area contributed by atoms with Gasteiger partial charge in [0.15, 0.2) is 11.5 Å². The molecule has 0 aromatic heterocycles. The number of carbonyl (C=O) groups is 1. The summed E-state index contributed by atoms with van der Waals surface area (Å²) in [6.45, 7) is 1.89. The number of halogens is 1. The van der Waals surface area contributed by atoms with Crippen LogP contribution in [0.4, 0.5) is 0 Å². The summed E-state index contributed by atoms with van der Waals surface area (Å²) in [5.74, 6) is 0.831. The van der Waals surface area contributed by atoms with Gasteiger partial charge in [0.25, 0.3) is 0 Å². The molecule has 138 valence electrons. The van der Waals surface area contributed by atoms with Crippen molar-refractivity contribution in [2.45, 2.75) is 24.4 Å². The first kappa shape index (κ1) is 18.5. The van der Waals surface area contributed by atoms with E-state index in [9.17, 15) is 13.2 Å². The molecule has 0 unspecified atom stereocenters. The van der Waals surface area contributed by atoms with Gasteiger partial charge < -0.3 is 14.8 Å². The number of hydrogen-bond acceptors (Lipinski definition) is 5. The lowest BCUT2D eigenvalue weighted by molar-refractivity contribution is -0.122. The van der Waals surface area contributed by atoms with Crippen LogP contribution in [-0.4, -0.2) is 27.2 Å². The summed E-state index contributed by atoms with van der Waals surface area (Å²) < 4.78 is 37.4. The first-order valence-corrected chi connectivity index (χ1v) is 9.65. The van der Waals surface area contributed by atoms with Crippen LogP contribution in [0.5, 0.6) is 11.5 Å². The number of ether oxygens (including phenoxy) is 2. The Morgan fingerprint density at radius 2 is 1.85 bits per heavy atom. The maximum atomic E-state index is 12.3. The molecule has 2 N–H and O–H groups in total. The van der Waals surface area contributed by atoms with Crippen molar-refractivity contribution < 1.29 is 22.7 Å². The van der Waals surface area contributed by atoms with Crippen molar-refractivity contribution in [3.05, 3.63) is 53.1 Å². The number of fused-ring (bicyclic) bond motifs is 1. The highest BCUT2D eigenvalue weighted by Gasteiger charge is 2.22. The van der Waals surface area contributed by atoms with Crippen LogP contribution in [0.15, 0.2) is 47.4 Å². The minimum atomic E-state index is -3.82. The Kier molecular flexibility index (Phi) is 5.36. The largest absolute Gasteiger partial charge is 0.454 e. The summed E-state index contributed by atoms with van der Waals surface area (Å²) in [5, 5.41) is 3.12. The molecule has 7 nitrogen and oxygen atoms in total. The number of sulfonamides is 1. The standard InChI is InChI=1S/C17H17ClN2O5S/c1-11(20-26(22,23)14-5-3-13(18)4-6-14)17(21)19-9-12-2-7-15-16(8-12)25-10-24-15/h2-8,11,20H,9-10H2,1H3,(H,19,21)/t11-/m0/s1. The Morgan fingerprint density at radius 3 is 2.58 bits per heavy atom. The second kappa shape index (κ2) is 7.53. The summed E-state index contributed by atoms with van der Waals surface area (Å²) in [6, 6.07) is 10.1. The minimum Gasteiger partial charge on any atom is -0.454 e. The van der Waals surface area contributed by atoms with E-state index in [1.54, 1.807) is 18.2 Å². The molecule has 0 radical (unpaired) electrons. The Bertz CT molecular complexity index is 915. The van der Waals surface area contributed by atoms with E-state index in [0.717, 1.165) is 5.56 Å². The van der Waals surface area contributed by atoms with Gasteiger partial charge in [0.05, 0.1) is 10.9 Å². The molecule has 1 heterocycles. The Labute approximate surface area is 156 Å². The number of amides is 1. The lowest BCUT2D eigenvalue weighted by Crippen LogP contribution is -2.44. The van der Waals surface area contributed by atoms with Crippen molar-refractivity contribution in [2.75, 3.05) is 6.79 Å². The van der Waals surface area contributed by atoms with E-state index in [0.29, 0.717) is 16.5 Å². The molecule has 1 amide bonds. The fourth-order valence-corrected chi connectivity index (χ4v) is 3.69. The number of hydrogen-bond donors (Lipinski definition) is 2. The third-order valence-corrected chi connectivity index (χ3v) is 5.56. The highest BCUT2D eigenvalue weighted by molar-refractivity contribution is 7.89. The highest BCUT2D eigenvalue weighted by Crippen LogP contribution is 2.32. The van der Waals surface area contributed by atoms with Gasteiger partial charge in [-0.3, -0.25) is 4.79 Å². The number of benzene rings is 2. The van der Waals surface area contributed by atoms with Crippen molar-refractivity contribution in [3.8, 4) is 11.5 Å². The zero-order chi connectivity index (χ0) is 18.7. The Balaban J connectivity index is 1.58. The van der Waals surface area contributed by atoms with Gasteiger partial charge >= 0.3 is 0 Å². The molecule has 0 fully saturated rings. The van der Waals surface area contributed by atoms with Crippen molar-refractivity contribution >= 4 is 27.5 Å². The molecular weight excluding hydrogens is 380 g/mol. The first-order valence-electron chi connectivity index (χ1n) is 7.79. The molecule has 2 aromatic rings. The predicted octanol–water partition coefficient (Wildman–Crippen LogP) is 2.05. The SMILES string of the molecule is C[C@H](NS(=O)(=O)c1ccc(Cl)cc1)C(=O)NCc1ccc2c(c1)OCO2. The second-order valence-corrected chi connectivity index (χ2v) is 7.85. The van der Waals surface area contributed by atoms with Crippen LogP contribution in [0.25, 0.3) is 0 Å². The van der Waals surface area contributed by atoms with Crippen molar-refractivity contribution in [3.63, 3.8) is 0 Å². The summed E-state index contributed by atoms with van der Waals surface area (Å²) in [4.78, 5) is 12.2. The van der Waals surface area contributed by atoms with E-state index < -0.39 is 22.0 Å². The van der Waals surface area contributed by atoms with E-state index in [2.05, 4.69) is 10.0 Å². The molecule has 3 rings (SSSR count). The normalized spacial score (nSPS) is 14.1. The van der Waals surface area contributed by atoms with Gasteiger partial charge in [-0.15, -0.1) is 0 Å². The van der Waals surface area contributed by atoms with E-state index in [1.807, 2.05) is 0 Å². The van der Waals surface area contributed by atoms with Crippen LogP contribution in [0.3, 0.4) is 0 Å². The molecule has 1 atom stereocenters. The van der Waals surface area contributed by atoms with Gasteiger partial charge in [0, 0.05) is 11.6 Å². The lowest BCUT2D eigenvalue weighted by atomic mass is 10.2. The molecule has 1 aliphatic rings. The summed E-state index contributed by atoms with van der Waals surface area (Å²) >= 11 is 5.76. The smallest absolute Gasteiger partial charge is 0.241 e. The highest BCUT2D eigenvalue weighted by atomic mass is 35.5. The minimum absolute atomic E-state index is 0.0392. The van der Waals surface area contributed by atoms with Crippen LogP contribution < -0.4 is 19.5 Å². The van der Waals surface area contributed by atoms with Gasteiger partial charge in [-0.1, -0.05) is 17.7 Å². The van der Waals surface area contributed by atoms with Crippen molar-refractivity contribution in [1.82, 2.24) is 10.0 Å².